The monoisotopic (exact) mass is 209 g/mol. The summed E-state index contributed by atoms with van der Waals surface area (Å²) in [5.41, 5.74) is 5.50. The molecule has 0 amide bonds. The molecule has 1 heterocycles. The van der Waals surface area contributed by atoms with Crippen LogP contribution in [0.25, 0.3) is 0 Å². The topological polar surface area (TPSA) is 53.1 Å². The van der Waals surface area contributed by atoms with Crippen LogP contribution < -0.4 is 5.73 Å². The molecule has 1 fully saturated rings. The number of anilines is 1. The maximum absolute atomic E-state index is 5.55. The summed E-state index contributed by atoms with van der Waals surface area (Å²) in [5, 5.41) is 4.09. The first kappa shape index (κ1) is 10.5. The Morgan fingerprint density at radius 2 is 2.33 bits per heavy atom. The number of aromatic nitrogens is 2. The van der Waals surface area contributed by atoms with E-state index in [4.69, 9.17) is 10.5 Å². The van der Waals surface area contributed by atoms with E-state index in [1.807, 2.05) is 10.9 Å². The maximum atomic E-state index is 5.55. The first-order valence-corrected chi connectivity index (χ1v) is 5.71. The second-order valence-electron chi connectivity index (χ2n) is 4.20. The summed E-state index contributed by atoms with van der Waals surface area (Å²) in [4.78, 5) is 0. The Labute approximate surface area is 90.4 Å². The third-order valence-corrected chi connectivity index (χ3v) is 3.02. The Hall–Kier alpha value is -1.03. The summed E-state index contributed by atoms with van der Waals surface area (Å²) in [7, 11) is 0. The van der Waals surface area contributed by atoms with Gasteiger partial charge in [0.2, 0.25) is 0 Å². The minimum absolute atomic E-state index is 0.574. The van der Waals surface area contributed by atoms with Gasteiger partial charge in [0, 0.05) is 12.8 Å². The van der Waals surface area contributed by atoms with Crippen molar-refractivity contribution in [3.8, 4) is 0 Å². The Bertz CT molecular complexity index is 294. The quantitative estimate of drug-likeness (QED) is 0.725. The molecule has 15 heavy (non-hydrogen) atoms. The molecular weight excluding hydrogens is 190 g/mol. The van der Waals surface area contributed by atoms with Crippen LogP contribution in [0.2, 0.25) is 0 Å². The van der Waals surface area contributed by atoms with Crippen LogP contribution in [0.15, 0.2) is 12.3 Å². The van der Waals surface area contributed by atoms with Gasteiger partial charge in [-0.05, 0) is 18.4 Å². The molecule has 0 spiro atoms. The van der Waals surface area contributed by atoms with E-state index in [0.29, 0.717) is 5.82 Å². The molecule has 0 unspecified atom stereocenters. The summed E-state index contributed by atoms with van der Waals surface area (Å²) in [6.07, 6.45) is 7.32. The number of hydrogen-bond donors (Lipinski definition) is 1. The molecule has 0 bridgehead atoms. The lowest BCUT2D eigenvalue weighted by Gasteiger charge is -2.24. The van der Waals surface area contributed by atoms with Crippen LogP contribution in [0.1, 0.15) is 25.7 Å². The molecule has 1 aromatic heterocycles. The van der Waals surface area contributed by atoms with Crippen LogP contribution in [0.5, 0.6) is 0 Å². The summed E-state index contributed by atoms with van der Waals surface area (Å²) in [5.74, 6) is 1.51. The number of hydrogen-bond acceptors (Lipinski definition) is 3. The van der Waals surface area contributed by atoms with Gasteiger partial charge in [0.15, 0.2) is 0 Å². The summed E-state index contributed by atoms with van der Waals surface area (Å²) in [6.45, 7) is 2.41. The molecular formula is C11H19N3O. The molecule has 1 aliphatic carbocycles. The second-order valence-corrected chi connectivity index (χ2v) is 4.20. The second kappa shape index (κ2) is 5.16. The number of nitrogens with zero attached hydrogens (tertiary/aromatic N) is 2. The van der Waals surface area contributed by atoms with Crippen LogP contribution in [0, 0.1) is 5.92 Å². The minimum atomic E-state index is 0.574. The predicted molar refractivity (Wildman–Crippen MR) is 59.4 cm³/mol. The van der Waals surface area contributed by atoms with Gasteiger partial charge in [-0.1, -0.05) is 19.3 Å². The van der Waals surface area contributed by atoms with Gasteiger partial charge in [-0.15, -0.1) is 0 Å². The zero-order chi connectivity index (χ0) is 10.5. The van der Waals surface area contributed by atoms with Gasteiger partial charge < -0.3 is 10.5 Å². The van der Waals surface area contributed by atoms with E-state index >= 15 is 0 Å². The average Bonchev–Trinajstić information content (AvgIpc) is 2.54. The van der Waals surface area contributed by atoms with Gasteiger partial charge in [-0.2, -0.15) is 5.10 Å². The van der Waals surface area contributed by atoms with Crippen LogP contribution in [-0.4, -0.2) is 23.0 Å². The Kier molecular flexibility index (Phi) is 3.61. The van der Waals surface area contributed by atoms with Crippen molar-refractivity contribution in [3.05, 3.63) is 12.3 Å². The van der Waals surface area contributed by atoms with Gasteiger partial charge in [0.25, 0.3) is 0 Å². The van der Waals surface area contributed by atoms with Crippen molar-refractivity contribution >= 4 is 5.82 Å². The molecule has 2 N–H and O–H groups in total. The van der Waals surface area contributed by atoms with Crippen LogP contribution in [0.3, 0.4) is 0 Å². The van der Waals surface area contributed by atoms with Crippen molar-refractivity contribution in [3.63, 3.8) is 0 Å². The molecule has 1 saturated carbocycles. The van der Waals surface area contributed by atoms with Crippen molar-refractivity contribution in [2.24, 2.45) is 5.92 Å². The molecule has 1 aromatic rings. The molecule has 0 aromatic carbocycles. The fourth-order valence-corrected chi connectivity index (χ4v) is 1.79. The average molecular weight is 209 g/mol. The molecule has 0 aliphatic heterocycles. The van der Waals surface area contributed by atoms with E-state index in [-0.39, 0.29) is 0 Å². The van der Waals surface area contributed by atoms with Gasteiger partial charge in [0.05, 0.1) is 13.2 Å². The fraction of sp³-hybridized carbons (Fsp3) is 0.727. The number of nitrogens with two attached hydrogens (primary N) is 1. The lowest BCUT2D eigenvalue weighted by Crippen LogP contribution is -2.15. The van der Waals surface area contributed by atoms with Gasteiger partial charge in [-0.25, -0.2) is 0 Å². The molecule has 0 saturated heterocycles. The van der Waals surface area contributed by atoms with Crippen molar-refractivity contribution in [1.29, 1.82) is 0 Å². The van der Waals surface area contributed by atoms with E-state index in [0.717, 1.165) is 25.7 Å². The first-order chi connectivity index (χ1) is 7.34. The van der Waals surface area contributed by atoms with Crippen LogP contribution >= 0.6 is 0 Å². The molecule has 0 radical (unpaired) electrons. The van der Waals surface area contributed by atoms with Gasteiger partial charge in [-0.3, -0.25) is 4.68 Å². The van der Waals surface area contributed by atoms with E-state index in [2.05, 4.69) is 5.10 Å². The third-order valence-electron chi connectivity index (χ3n) is 3.02. The highest BCUT2D eigenvalue weighted by molar-refractivity contribution is 5.23. The minimum Gasteiger partial charge on any atom is -0.382 e. The summed E-state index contributed by atoms with van der Waals surface area (Å²) in [6, 6.07) is 1.80. The normalized spacial score (nSPS) is 16.5. The first-order valence-electron chi connectivity index (χ1n) is 5.71. The highest BCUT2D eigenvalue weighted by atomic mass is 16.5. The largest absolute Gasteiger partial charge is 0.382 e. The highest BCUT2D eigenvalue weighted by Gasteiger charge is 2.16. The van der Waals surface area contributed by atoms with E-state index < -0.39 is 0 Å². The van der Waals surface area contributed by atoms with Gasteiger partial charge in [0.1, 0.15) is 5.82 Å². The molecule has 84 valence electrons. The van der Waals surface area contributed by atoms with Crippen LogP contribution in [-0.2, 0) is 11.3 Å². The van der Waals surface area contributed by atoms with Crippen molar-refractivity contribution < 1.29 is 4.74 Å². The summed E-state index contributed by atoms with van der Waals surface area (Å²) < 4.78 is 7.37. The van der Waals surface area contributed by atoms with Crippen molar-refractivity contribution in [2.45, 2.75) is 32.2 Å². The zero-order valence-corrected chi connectivity index (χ0v) is 9.06. The van der Waals surface area contributed by atoms with Crippen molar-refractivity contribution in [1.82, 2.24) is 9.78 Å². The van der Waals surface area contributed by atoms with E-state index in [1.54, 1.807) is 6.07 Å². The Balaban J connectivity index is 1.51. The SMILES string of the molecule is Nc1ccn(CCOCCC2CCC2)n1. The summed E-state index contributed by atoms with van der Waals surface area (Å²) >= 11 is 0. The van der Waals surface area contributed by atoms with Crippen LogP contribution in [0.4, 0.5) is 5.82 Å². The molecule has 0 atom stereocenters. The highest BCUT2D eigenvalue weighted by Crippen LogP contribution is 2.28. The molecule has 4 heteroatoms. The molecule has 4 nitrogen and oxygen atoms in total. The molecule has 1 aliphatic rings. The van der Waals surface area contributed by atoms with Crippen molar-refractivity contribution in [2.75, 3.05) is 18.9 Å². The third kappa shape index (κ3) is 3.23. The van der Waals surface area contributed by atoms with E-state index in [1.165, 1.54) is 25.7 Å². The number of nitrogen functional groups attached to an aromatic ring is 1. The van der Waals surface area contributed by atoms with E-state index in [9.17, 15) is 0 Å². The fourth-order valence-electron chi connectivity index (χ4n) is 1.79. The standard InChI is InChI=1S/C11H19N3O/c12-11-4-6-14(13-11)7-9-15-8-5-10-2-1-3-10/h4,6,10H,1-3,5,7-9H2,(H2,12,13). The van der Waals surface area contributed by atoms with Gasteiger partial charge >= 0.3 is 0 Å². The number of rotatable bonds is 6. The Morgan fingerprint density at radius 3 is 2.93 bits per heavy atom. The maximum Gasteiger partial charge on any atom is 0.145 e. The smallest absolute Gasteiger partial charge is 0.145 e. The molecule has 2 rings (SSSR count). The lowest BCUT2D eigenvalue weighted by atomic mass is 9.83. The zero-order valence-electron chi connectivity index (χ0n) is 9.06. The predicted octanol–water partition coefficient (Wildman–Crippen LogP) is 1.67. The lowest BCUT2D eigenvalue weighted by molar-refractivity contribution is 0.0986. The Morgan fingerprint density at radius 1 is 1.47 bits per heavy atom. The number of ether oxygens (including phenoxy) is 1.